The van der Waals surface area contributed by atoms with Crippen LogP contribution in [0.15, 0.2) is 36.1 Å². The number of halogens is 1. The summed E-state index contributed by atoms with van der Waals surface area (Å²) in [6.07, 6.45) is 6.17. The summed E-state index contributed by atoms with van der Waals surface area (Å²) < 4.78 is 0. The van der Waals surface area contributed by atoms with E-state index in [1.807, 2.05) is 19.1 Å². The van der Waals surface area contributed by atoms with Gasteiger partial charge in [-0.3, -0.25) is 0 Å². The van der Waals surface area contributed by atoms with Gasteiger partial charge in [0.05, 0.1) is 0 Å². The van der Waals surface area contributed by atoms with Crippen LogP contribution in [0.2, 0.25) is 0 Å². The van der Waals surface area contributed by atoms with Crippen LogP contribution >= 0.6 is 11.6 Å². The highest BCUT2D eigenvalue weighted by molar-refractivity contribution is 6.18. The molecule has 0 unspecified atom stereocenters. The highest BCUT2D eigenvalue weighted by Crippen LogP contribution is 2.09. The third-order valence-corrected chi connectivity index (χ3v) is 2.46. The maximum absolute atomic E-state index is 5.76. The van der Waals surface area contributed by atoms with Crippen molar-refractivity contribution in [2.75, 3.05) is 32.1 Å². The molecule has 0 radical (unpaired) electrons. The van der Waals surface area contributed by atoms with Crippen molar-refractivity contribution in [1.82, 2.24) is 10.2 Å². The first-order valence-electron chi connectivity index (χ1n) is 5.29. The number of alkyl halides is 1. The number of allylic oxidation sites excluding steroid dienone is 4. The predicted octanol–water partition coefficient (Wildman–Crippen LogP) is 2.15. The number of nitrogens with zero attached hydrogens (tertiary/aromatic N) is 1. The van der Waals surface area contributed by atoms with Gasteiger partial charge in [0.15, 0.2) is 0 Å². The molecule has 0 atom stereocenters. The standard InChI is InChI=1S/C12H19ClN2/c1-11(2)3-4-12(5-6-13)15-9-7-14-8-10-15/h3-5,14H,1,6-10H2,2H3/b4-3-,12-5+. The van der Waals surface area contributed by atoms with Crippen LogP contribution in [0, 0.1) is 0 Å². The van der Waals surface area contributed by atoms with E-state index in [0.29, 0.717) is 5.88 Å². The molecule has 0 aromatic carbocycles. The van der Waals surface area contributed by atoms with Gasteiger partial charge in [0.2, 0.25) is 0 Å². The summed E-state index contributed by atoms with van der Waals surface area (Å²) in [7, 11) is 0. The fraction of sp³-hybridized carbons (Fsp3) is 0.500. The molecule has 0 bridgehead atoms. The maximum Gasteiger partial charge on any atom is 0.0426 e. The zero-order valence-electron chi connectivity index (χ0n) is 9.30. The van der Waals surface area contributed by atoms with Gasteiger partial charge in [-0.1, -0.05) is 18.2 Å². The van der Waals surface area contributed by atoms with Crippen molar-refractivity contribution in [3.05, 3.63) is 36.1 Å². The average Bonchev–Trinajstić information content (AvgIpc) is 2.25. The van der Waals surface area contributed by atoms with E-state index in [0.717, 1.165) is 31.8 Å². The Bertz CT molecular complexity index is 263. The minimum absolute atomic E-state index is 0.555. The second kappa shape index (κ2) is 6.70. The van der Waals surface area contributed by atoms with Crippen LogP contribution in [0.5, 0.6) is 0 Å². The fourth-order valence-corrected chi connectivity index (χ4v) is 1.69. The van der Waals surface area contributed by atoms with Gasteiger partial charge in [0.1, 0.15) is 0 Å². The van der Waals surface area contributed by atoms with Gasteiger partial charge < -0.3 is 10.2 Å². The normalized spacial score (nSPS) is 18.5. The average molecular weight is 227 g/mol. The molecule has 0 aromatic rings. The Kier molecular flexibility index (Phi) is 5.51. The summed E-state index contributed by atoms with van der Waals surface area (Å²) in [6.45, 7) is 10.0. The highest BCUT2D eigenvalue weighted by atomic mass is 35.5. The lowest BCUT2D eigenvalue weighted by molar-refractivity contribution is 0.307. The molecule has 84 valence electrons. The number of nitrogens with one attached hydrogen (secondary N) is 1. The largest absolute Gasteiger partial charge is 0.369 e. The number of hydrogen-bond acceptors (Lipinski definition) is 2. The van der Waals surface area contributed by atoms with Gasteiger partial charge in [-0.15, -0.1) is 11.6 Å². The van der Waals surface area contributed by atoms with Crippen molar-refractivity contribution in [1.29, 1.82) is 0 Å². The highest BCUT2D eigenvalue weighted by Gasteiger charge is 2.10. The zero-order valence-corrected chi connectivity index (χ0v) is 10.1. The van der Waals surface area contributed by atoms with Crippen molar-refractivity contribution in [3.8, 4) is 0 Å². The fourth-order valence-electron chi connectivity index (χ4n) is 1.53. The van der Waals surface area contributed by atoms with Crippen molar-refractivity contribution in [2.45, 2.75) is 6.92 Å². The van der Waals surface area contributed by atoms with Gasteiger partial charge in [-0.25, -0.2) is 0 Å². The van der Waals surface area contributed by atoms with Gasteiger partial charge in [0, 0.05) is 37.8 Å². The maximum atomic E-state index is 5.76. The lowest BCUT2D eigenvalue weighted by atomic mass is 10.2. The van der Waals surface area contributed by atoms with Crippen LogP contribution in [0.3, 0.4) is 0 Å². The summed E-state index contributed by atoms with van der Waals surface area (Å²) >= 11 is 5.76. The monoisotopic (exact) mass is 226 g/mol. The first-order valence-corrected chi connectivity index (χ1v) is 5.83. The van der Waals surface area contributed by atoms with Gasteiger partial charge in [0.25, 0.3) is 0 Å². The third-order valence-electron chi connectivity index (χ3n) is 2.31. The minimum atomic E-state index is 0.555. The first-order chi connectivity index (χ1) is 7.24. The Morgan fingerprint density at radius 2 is 2.07 bits per heavy atom. The summed E-state index contributed by atoms with van der Waals surface area (Å²) in [6, 6.07) is 0. The molecule has 3 heteroatoms. The molecule has 1 aliphatic heterocycles. The van der Waals surface area contributed by atoms with Crippen LogP contribution in [-0.4, -0.2) is 37.0 Å². The van der Waals surface area contributed by atoms with E-state index in [9.17, 15) is 0 Å². The molecule has 1 rings (SSSR count). The van der Waals surface area contributed by atoms with Crippen molar-refractivity contribution in [3.63, 3.8) is 0 Å². The Morgan fingerprint density at radius 3 is 2.60 bits per heavy atom. The molecule has 15 heavy (non-hydrogen) atoms. The molecular formula is C12H19ClN2. The second-order valence-corrected chi connectivity index (χ2v) is 4.01. The first kappa shape index (κ1) is 12.3. The van der Waals surface area contributed by atoms with E-state index in [1.54, 1.807) is 0 Å². The molecule has 1 aliphatic rings. The van der Waals surface area contributed by atoms with E-state index < -0.39 is 0 Å². The molecule has 1 heterocycles. The van der Waals surface area contributed by atoms with E-state index in [2.05, 4.69) is 22.9 Å². The van der Waals surface area contributed by atoms with E-state index in [1.165, 1.54) is 5.70 Å². The van der Waals surface area contributed by atoms with Crippen LogP contribution in [0.25, 0.3) is 0 Å². The molecule has 2 nitrogen and oxygen atoms in total. The van der Waals surface area contributed by atoms with Gasteiger partial charge >= 0.3 is 0 Å². The molecule has 0 spiro atoms. The lowest BCUT2D eigenvalue weighted by Crippen LogP contribution is -2.42. The summed E-state index contributed by atoms with van der Waals surface area (Å²) in [5, 5.41) is 3.33. The van der Waals surface area contributed by atoms with E-state index in [-0.39, 0.29) is 0 Å². The molecule has 1 N–H and O–H groups in total. The Hall–Kier alpha value is -0.730. The smallest absolute Gasteiger partial charge is 0.0426 e. The quantitative estimate of drug-likeness (QED) is 0.584. The Morgan fingerprint density at radius 1 is 1.40 bits per heavy atom. The topological polar surface area (TPSA) is 15.3 Å². The molecular weight excluding hydrogens is 208 g/mol. The second-order valence-electron chi connectivity index (χ2n) is 3.70. The van der Waals surface area contributed by atoms with Crippen LogP contribution in [0.4, 0.5) is 0 Å². The molecule has 0 aromatic heterocycles. The number of piperazine rings is 1. The van der Waals surface area contributed by atoms with Gasteiger partial charge in [-0.2, -0.15) is 0 Å². The molecule has 0 saturated carbocycles. The minimum Gasteiger partial charge on any atom is -0.369 e. The van der Waals surface area contributed by atoms with E-state index >= 15 is 0 Å². The number of rotatable bonds is 4. The van der Waals surface area contributed by atoms with Crippen LogP contribution in [0.1, 0.15) is 6.92 Å². The summed E-state index contributed by atoms with van der Waals surface area (Å²) in [5.74, 6) is 0.555. The van der Waals surface area contributed by atoms with Crippen molar-refractivity contribution in [2.24, 2.45) is 0 Å². The SMILES string of the molecule is C=C(C)/C=C\C(=C/CCl)N1CCNCC1. The van der Waals surface area contributed by atoms with Crippen LogP contribution in [-0.2, 0) is 0 Å². The van der Waals surface area contributed by atoms with Crippen LogP contribution < -0.4 is 5.32 Å². The van der Waals surface area contributed by atoms with E-state index in [4.69, 9.17) is 11.6 Å². The lowest BCUT2D eigenvalue weighted by Gasteiger charge is -2.30. The molecule has 1 fully saturated rings. The van der Waals surface area contributed by atoms with Gasteiger partial charge in [-0.05, 0) is 19.1 Å². The number of hydrogen-bond donors (Lipinski definition) is 1. The molecule has 0 amide bonds. The predicted molar refractivity (Wildman–Crippen MR) is 67.2 cm³/mol. The summed E-state index contributed by atoms with van der Waals surface area (Å²) in [5.41, 5.74) is 2.26. The third kappa shape index (κ3) is 4.54. The van der Waals surface area contributed by atoms with Crippen molar-refractivity contribution < 1.29 is 0 Å². The Balaban J connectivity index is 2.64. The van der Waals surface area contributed by atoms with Crippen molar-refractivity contribution >= 4 is 11.6 Å². The molecule has 1 saturated heterocycles. The zero-order chi connectivity index (χ0) is 11.1. The summed E-state index contributed by atoms with van der Waals surface area (Å²) in [4.78, 5) is 2.35. The Labute approximate surface area is 97.3 Å². The molecule has 0 aliphatic carbocycles.